The highest BCUT2D eigenvalue weighted by molar-refractivity contribution is 6.07. The number of piperidine rings is 1. The molecule has 2 aromatic heterocycles. The molecule has 2 aliphatic rings. The van der Waals surface area contributed by atoms with Crippen LogP contribution >= 0.6 is 0 Å². The number of pyridine rings is 1. The van der Waals surface area contributed by atoms with E-state index in [1.165, 1.54) is 4.90 Å². The third kappa shape index (κ3) is 5.09. The first kappa shape index (κ1) is 24.9. The molecule has 1 atom stereocenters. The Balaban J connectivity index is 1.49. The van der Waals surface area contributed by atoms with Crippen LogP contribution in [0.5, 0.6) is 0 Å². The Kier molecular flexibility index (Phi) is 7.23. The normalized spacial score (nSPS) is 21.3. The monoisotopic (exact) mass is 481 g/mol. The van der Waals surface area contributed by atoms with Crippen LogP contribution in [0.1, 0.15) is 81.2 Å². The summed E-state index contributed by atoms with van der Waals surface area (Å²) in [4.78, 5) is 47.1. The molecule has 0 aromatic carbocycles. The molecule has 2 saturated heterocycles. The van der Waals surface area contributed by atoms with Crippen molar-refractivity contribution in [2.45, 2.75) is 71.4 Å². The summed E-state index contributed by atoms with van der Waals surface area (Å²) < 4.78 is 5.30. The van der Waals surface area contributed by atoms with Crippen molar-refractivity contribution >= 4 is 17.8 Å². The number of likely N-dealkylation sites (tertiary alicyclic amines) is 1. The predicted molar refractivity (Wildman–Crippen MR) is 129 cm³/mol. The molecule has 0 aliphatic carbocycles. The molecule has 1 N–H and O–H groups in total. The molecule has 9 nitrogen and oxygen atoms in total. The van der Waals surface area contributed by atoms with Gasteiger partial charge in [-0.25, -0.2) is 4.79 Å². The van der Waals surface area contributed by atoms with Crippen LogP contribution in [0.4, 0.5) is 4.79 Å². The fourth-order valence-electron chi connectivity index (χ4n) is 5.01. The van der Waals surface area contributed by atoms with Crippen LogP contribution in [0.2, 0.25) is 0 Å². The third-order valence-corrected chi connectivity index (χ3v) is 7.16. The second kappa shape index (κ2) is 10.2. The van der Waals surface area contributed by atoms with Crippen LogP contribution in [-0.4, -0.2) is 56.4 Å². The van der Waals surface area contributed by atoms with Gasteiger partial charge in [0, 0.05) is 31.3 Å². The summed E-state index contributed by atoms with van der Waals surface area (Å²) >= 11 is 0. The molecule has 0 radical (unpaired) electrons. The van der Waals surface area contributed by atoms with Crippen molar-refractivity contribution < 1.29 is 18.9 Å². The third-order valence-electron chi connectivity index (χ3n) is 7.16. The van der Waals surface area contributed by atoms with Gasteiger partial charge in [0.15, 0.2) is 5.69 Å². The zero-order valence-electron chi connectivity index (χ0n) is 21.0. The summed E-state index contributed by atoms with van der Waals surface area (Å²) in [6.45, 7) is 9.36. The lowest BCUT2D eigenvalue weighted by Crippen LogP contribution is -2.56. The number of hydrogen-bond donors (Lipinski definition) is 1. The van der Waals surface area contributed by atoms with Gasteiger partial charge < -0.3 is 14.7 Å². The fourth-order valence-corrected chi connectivity index (χ4v) is 5.01. The Morgan fingerprint density at radius 1 is 1.20 bits per heavy atom. The number of imide groups is 1. The van der Waals surface area contributed by atoms with Crippen LogP contribution in [0.25, 0.3) is 0 Å². The zero-order chi connectivity index (χ0) is 25.2. The van der Waals surface area contributed by atoms with E-state index in [1.54, 1.807) is 23.2 Å². The Bertz CT molecular complexity index is 1060. The van der Waals surface area contributed by atoms with Gasteiger partial charge in [0.05, 0.1) is 12.2 Å². The second-order valence-corrected chi connectivity index (χ2v) is 10.4. The van der Waals surface area contributed by atoms with Crippen molar-refractivity contribution in [1.29, 1.82) is 0 Å². The Morgan fingerprint density at radius 3 is 2.54 bits per heavy atom. The molecule has 9 heteroatoms. The van der Waals surface area contributed by atoms with Crippen molar-refractivity contribution in [3.8, 4) is 0 Å². The van der Waals surface area contributed by atoms with Crippen LogP contribution in [-0.2, 0) is 11.3 Å². The molecule has 4 amide bonds. The maximum Gasteiger partial charge on any atom is 0.325 e. The van der Waals surface area contributed by atoms with E-state index in [4.69, 9.17) is 4.52 Å². The van der Waals surface area contributed by atoms with Gasteiger partial charge in [-0.3, -0.25) is 19.5 Å². The average molecular weight is 482 g/mol. The summed E-state index contributed by atoms with van der Waals surface area (Å²) in [5, 5.41) is 7.04. The predicted octanol–water partition coefficient (Wildman–Crippen LogP) is 3.97. The van der Waals surface area contributed by atoms with Gasteiger partial charge >= 0.3 is 6.03 Å². The van der Waals surface area contributed by atoms with Crippen LogP contribution in [0, 0.1) is 11.8 Å². The number of nitrogens with zero attached hydrogens (tertiary/aromatic N) is 4. The summed E-state index contributed by atoms with van der Waals surface area (Å²) in [5.41, 5.74) is 0.0298. The van der Waals surface area contributed by atoms with Gasteiger partial charge in [-0.05, 0) is 49.7 Å². The molecular weight excluding hydrogens is 446 g/mol. The van der Waals surface area contributed by atoms with Crippen LogP contribution in [0.3, 0.4) is 0 Å². The number of nitrogens with one attached hydrogen (secondary N) is 1. The van der Waals surface area contributed by atoms with Gasteiger partial charge in [0.2, 0.25) is 0 Å². The summed E-state index contributed by atoms with van der Waals surface area (Å²) in [6.07, 6.45) is 4.31. The molecule has 4 heterocycles. The molecule has 0 unspecified atom stereocenters. The van der Waals surface area contributed by atoms with Crippen molar-refractivity contribution in [3.05, 3.63) is 47.6 Å². The molecule has 188 valence electrons. The summed E-state index contributed by atoms with van der Waals surface area (Å²) in [5.74, 6) is 0.833. The highest BCUT2D eigenvalue weighted by atomic mass is 16.5. The lowest BCUT2D eigenvalue weighted by Gasteiger charge is -2.41. The van der Waals surface area contributed by atoms with Crippen molar-refractivity contribution in [3.63, 3.8) is 0 Å². The van der Waals surface area contributed by atoms with Gasteiger partial charge in [0.1, 0.15) is 11.3 Å². The Morgan fingerprint density at radius 2 is 1.94 bits per heavy atom. The smallest absolute Gasteiger partial charge is 0.325 e. The van der Waals surface area contributed by atoms with E-state index in [2.05, 4.69) is 29.3 Å². The van der Waals surface area contributed by atoms with Crippen molar-refractivity contribution in [2.24, 2.45) is 11.8 Å². The number of hydrogen-bond acceptors (Lipinski definition) is 6. The van der Waals surface area contributed by atoms with E-state index in [0.717, 1.165) is 6.42 Å². The molecule has 2 aromatic rings. The molecule has 35 heavy (non-hydrogen) atoms. The molecular formula is C26H35N5O4. The number of aromatic nitrogens is 2. The number of amides is 4. The van der Waals surface area contributed by atoms with Crippen molar-refractivity contribution in [2.75, 3.05) is 13.1 Å². The highest BCUT2D eigenvalue weighted by Crippen LogP contribution is 2.38. The Labute approximate surface area is 206 Å². The van der Waals surface area contributed by atoms with Gasteiger partial charge in [-0.15, -0.1) is 0 Å². The summed E-state index contributed by atoms with van der Waals surface area (Å²) in [6, 6.07) is 6.80. The lowest BCUT2D eigenvalue weighted by molar-refractivity contribution is -0.134. The van der Waals surface area contributed by atoms with E-state index >= 15 is 0 Å². The van der Waals surface area contributed by atoms with Crippen LogP contribution < -0.4 is 5.32 Å². The molecule has 2 fully saturated rings. The van der Waals surface area contributed by atoms with E-state index < -0.39 is 5.54 Å². The largest absolute Gasteiger partial charge is 0.360 e. The minimum Gasteiger partial charge on any atom is -0.360 e. The van der Waals surface area contributed by atoms with Gasteiger partial charge in [0.25, 0.3) is 11.8 Å². The average Bonchev–Trinajstić information content (AvgIpc) is 3.43. The first-order valence-corrected chi connectivity index (χ1v) is 12.5. The first-order valence-electron chi connectivity index (χ1n) is 12.5. The van der Waals surface area contributed by atoms with E-state index in [0.29, 0.717) is 55.4 Å². The van der Waals surface area contributed by atoms with E-state index in [-0.39, 0.29) is 36.2 Å². The quantitative estimate of drug-likeness (QED) is 0.572. The molecule has 2 aliphatic heterocycles. The minimum atomic E-state index is -0.954. The highest BCUT2D eigenvalue weighted by Gasteiger charge is 2.55. The van der Waals surface area contributed by atoms with Gasteiger partial charge in [-0.2, -0.15) is 0 Å². The van der Waals surface area contributed by atoms with Gasteiger partial charge in [-0.1, -0.05) is 38.9 Å². The molecule has 0 saturated carbocycles. The minimum absolute atomic E-state index is 0.0565. The Hall–Kier alpha value is -3.23. The number of carbonyl (C=O) groups excluding carboxylic acids is 3. The lowest BCUT2D eigenvalue weighted by atomic mass is 9.73. The first-order chi connectivity index (χ1) is 16.7. The molecule has 4 rings (SSSR count). The van der Waals surface area contributed by atoms with Crippen LogP contribution in [0.15, 0.2) is 35.0 Å². The standard InChI is InChI=1S/C26H35N5O4/c1-17(2)8-11-26(24(33)31(25(34)28-26)16-20-7-5-6-12-27-20)19-9-13-30(14-10-19)23(32)21-15-22(18(3)4)35-29-21/h5-7,12,15,17-19H,8-11,13-14,16H2,1-4H3,(H,28,34)/t26-/m1/s1. The zero-order valence-corrected chi connectivity index (χ0v) is 21.0. The maximum atomic E-state index is 13.8. The number of rotatable bonds is 8. The SMILES string of the molecule is CC(C)CC[C@]1(C2CCN(C(=O)c3cc(C(C)C)on3)CC2)NC(=O)N(Cc2ccccn2)C1=O. The van der Waals surface area contributed by atoms with Crippen molar-refractivity contribution in [1.82, 2.24) is 25.3 Å². The second-order valence-electron chi connectivity index (χ2n) is 10.4. The van der Waals surface area contributed by atoms with E-state index in [9.17, 15) is 14.4 Å². The fraction of sp³-hybridized carbons (Fsp3) is 0.577. The summed E-state index contributed by atoms with van der Waals surface area (Å²) in [7, 11) is 0. The molecule has 0 bridgehead atoms. The maximum absolute atomic E-state index is 13.8. The topological polar surface area (TPSA) is 109 Å². The number of carbonyl (C=O) groups is 3. The van der Waals surface area contributed by atoms with E-state index in [1.807, 2.05) is 26.0 Å². The molecule has 0 spiro atoms. The number of urea groups is 1.